The summed E-state index contributed by atoms with van der Waals surface area (Å²) in [6.07, 6.45) is 0. The lowest BCUT2D eigenvalue weighted by atomic mass is 9.93. The van der Waals surface area contributed by atoms with Gasteiger partial charge in [0.15, 0.2) is 0 Å². The van der Waals surface area contributed by atoms with Crippen molar-refractivity contribution >= 4 is 71.3 Å². The van der Waals surface area contributed by atoms with Gasteiger partial charge in [0.25, 0.3) is 0 Å². The summed E-state index contributed by atoms with van der Waals surface area (Å²) >= 11 is 0. The van der Waals surface area contributed by atoms with Crippen molar-refractivity contribution < 1.29 is 4.42 Å². The number of hydrogen-bond acceptors (Lipinski definition) is 2. The second-order valence-corrected chi connectivity index (χ2v) is 12.9. The maximum Gasteiger partial charge on any atom is 0.143 e. The van der Waals surface area contributed by atoms with Crippen LogP contribution in [0.2, 0.25) is 0 Å². The lowest BCUT2D eigenvalue weighted by Crippen LogP contribution is -2.10. The van der Waals surface area contributed by atoms with E-state index in [1.807, 2.05) is 0 Å². The van der Waals surface area contributed by atoms with E-state index in [1.165, 1.54) is 49.2 Å². The van der Waals surface area contributed by atoms with Crippen LogP contribution in [0.1, 0.15) is 0 Å². The van der Waals surface area contributed by atoms with E-state index in [9.17, 15) is 0 Å². The van der Waals surface area contributed by atoms with Gasteiger partial charge in [0.1, 0.15) is 11.2 Å². The highest BCUT2D eigenvalue weighted by Gasteiger charge is 2.21. The molecule has 0 saturated carbocycles. The van der Waals surface area contributed by atoms with Crippen LogP contribution in [0.3, 0.4) is 0 Å². The van der Waals surface area contributed by atoms with Crippen molar-refractivity contribution in [3.8, 4) is 22.3 Å². The molecule has 10 rings (SSSR count). The van der Waals surface area contributed by atoms with Crippen molar-refractivity contribution in [2.45, 2.75) is 0 Å². The molecule has 0 fully saturated rings. The molecular weight excluding hydrogens is 607 g/mol. The molecule has 0 aliphatic heterocycles. The van der Waals surface area contributed by atoms with Crippen LogP contribution < -0.4 is 4.90 Å². The lowest BCUT2D eigenvalue weighted by Gasteiger charge is -2.27. The van der Waals surface area contributed by atoms with Gasteiger partial charge in [-0.1, -0.05) is 140 Å². The summed E-state index contributed by atoms with van der Waals surface area (Å²) in [4.78, 5) is 2.36. The van der Waals surface area contributed by atoms with E-state index in [-0.39, 0.29) is 0 Å². The minimum atomic E-state index is 0.874. The molecule has 0 saturated heterocycles. The average Bonchev–Trinajstić information content (AvgIpc) is 3.59. The first kappa shape index (κ1) is 28.4. The van der Waals surface area contributed by atoms with Crippen molar-refractivity contribution in [3.05, 3.63) is 188 Å². The largest absolute Gasteiger partial charge is 0.455 e. The summed E-state index contributed by atoms with van der Waals surface area (Å²) in [7, 11) is 0. The standard InChI is InChI=1S/C48H31NO/c1-2-11-32(12-3-1)33-21-26-37(27-22-33)49(45-19-10-20-46-47(45)43-30-25-34-13-4-7-16-40(34)48(43)50-46)38-28-23-35(24-29-38)44-31-36-14-5-6-15-39(36)41-17-8-9-18-42(41)44/h1-31H. The highest BCUT2D eigenvalue weighted by atomic mass is 16.3. The molecule has 0 aliphatic rings. The maximum atomic E-state index is 6.63. The van der Waals surface area contributed by atoms with E-state index >= 15 is 0 Å². The topological polar surface area (TPSA) is 16.4 Å². The van der Waals surface area contributed by atoms with Crippen molar-refractivity contribution in [2.24, 2.45) is 0 Å². The number of fused-ring (bicyclic) bond motifs is 8. The molecule has 0 spiro atoms. The quantitative estimate of drug-likeness (QED) is 0.175. The fraction of sp³-hybridized carbons (Fsp3) is 0. The molecule has 0 N–H and O–H groups in total. The maximum absolute atomic E-state index is 6.63. The summed E-state index contributed by atoms with van der Waals surface area (Å²) in [5.41, 5.74) is 9.84. The van der Waals surface area contributed by atoms with Crippen LogP contribution in [0.5, 0.6) is 0 Å². The minimum Gasteiger partial charge on any atom is -0.455 e. The Kier molecular flexibility index (Phi) is 6.53. The van der Waals surface area contributed by atoms with E-state index in [1.54, 1.807) is 0 Å². The Morgan fingerprint density at radius 3 is 1.72 bits per heavy atom. The van der Waals surface area contributed by atoms with Crippen LogP contribution in [0.25, 0.3) is 76.5 Å². The average molecular weight is 638 g/mol. The molecule has 0 unspecified atom stereocenters. The van der Waals surface area contributed by atoms with Crippen LogP contribution >= 0.6 is 0 Å². The zero-order chi connectivity index (χ0) is 33.0. The Labute approximate surface area is 290 Å². The molecule has 234 valence electrons. The predicted molar refractivity (Wildman–Crippen MR) is 212 cm³/mol. The first-order chi connectivity index (χ1) is 24.8. The molecule has 0 atom stereocenters. The van der Waals surface area contributed by atoms with Gasteiger partial charge in [0, 0.05) is 22.1 Å². The number of hydrogen-bond donors (Lipinski definition) is 0. The summed E-state index contributed by atoms with van der Waals surface area (Å²) in [6, 6.07) is 67.4. The van der Waals surface area contributed by atoms with Gasteiger partial charge in [-0.05, 0) is 97.7 Å². The fourth-order valence-electron chi connectivity index (χ4n) is 7.67. The van der Waals surface area contributed by atoms with E-state index in [2.05, 4.69) is 193 Å². The number of furan rings is 1. The van der Waals surface area contributed by atoms with Crippen molar-refractivity contribution in [1.82, 2.24) is 0 Å². The number of anilines is 3. The summed E-state index contributed by atoms with van der Waals surface area (Å²) < 4.78 is 6.63. The molecule has 0 aliphatic carbocycles. The van der Waals surface area contributed by atoms with Gasteiger partial charge in [-0.3, -0.25) is 0 Å². The third kappa shape index (κ3) is 4.57. The third-order valence-electron chi connectivity index (χ3n) is 10.0. The van der Waals surface area contributed by atoms with E-state index in [4.69, 9.17) is 4.42 Å². The lowest BCUT2D eigenvalue weighted by molar-refractivity contribution is 0.672. The van der Waals surface area contributed by atoms with Gasteiger partial charge >= 0.3 is 0 Å². The molecule has 0 bridgehead atoms. The predicted octanol–water partition coefficient (Wildman–Crippen LogP) is 13.8. The molecule has 9 aromatic carbocycles. The van der Waals surface area contributed by atoms with E-state index < -0.39 is 0 Å². The van der Waals surface area contributed by atoms with Gasteiger partial charge in [-0.2, -0.15) is 0 Å². The minimum absolute atomic E-state index is 0.874. The third-order valence-corrected chi connectivity index (χ3v) is 10.0. The van der Waals surface area contributed by atoms with Crippen LogP contribution in [0, 0.1) is 0 Å². The summed E-state index contributed by atoms with van der Waals surface area (Å²) in [5.74, 6) is 0. The second kappa shape index (κ2) is 11.5. The monoisotopic (exact) mass is 637 g/mol. The van der Waals surface area contributed by atoms with E-state index in [0.29, 0.717) is 0 Å². The first-order valence-corrected chi connectivity index (χ1v) is 17.1. The van der Waals surface area contributed by atoms with Crippen LogP contribution in [-0.2, 0) is 0 Å². The summed E-state index contributed by atoms with van der Waals surface area (Å²) in [5, 5.41) is 9.57. The zero-order valence-electron chi connectivity index (χ0n) is 27.3. The van der Waals surface area contributed by atoms with E-state index in [0.717, 1.165) is 44.4 Å². The normalized spacial score (nSPS) is 11.6. The number of nitrogens with zero attached hydrogens (tertiary/aromatic N) is 1. The van der Waals surface area contributed by atoms with Crippen molar-refractivity contribution in [1.29, 1.82) is 0 Å². The molecule has 0 amide bonds. The molecule has 0 radical (unpaired) electrons. The Balaban J connectivity index is 1.16. The summed E-state index contributed by atoms with van der Waals surface area (Å²) in [6.45, 7) is 0. The van der Waals surface area contributed by atoms with Crippen molar-refractivity contribution in [2.75, 3.05) is 4.90 Å². The molecule has 50 heavy (non-hydrogen) atoms. The smallest absolute Gasteiger partial charge is 0.143 e. The van der Waals surface area contributed by atoms with Gasteiger partial charge in [-0.15, -0.1) is 0 Å². The van der Waals surface area contributed by atoms with Gasteiger partial charge in [0.2, 0.25) is 0 Å². The molecular formula is C48H31NO. The second-order valence-electron chi connectivity index (χ2n) is 12.9. The first-order valence-electron chi connectivity index (χ1n) is 17.1. The van der Waals surface area contributed by atoms with Crippen LogP contribution in [0.15, 0.2) is 192 Å². The molecule has 2 nitrogen and oxygen atoms in total. The van der Waals surface area contributed by atoms with Gasteiger partial charge < -0.3 is 9.32 Å². The van der Waals surface area contributed by atoms with Crippen molar-refractivity contribution in [3.63, 3.8) is 0 Å². The van der Waals surface area contributed by atoms with Gasteiger partial charge in [0.05, 0.1) is 11.1 Å². The van der Waals surface area contributed by atoms with Crippen LogP contribution in [0.4, 0.5) is 17.1 Å². The number of rotatable bonds is 5. The number of benzene rings is 9. The highest BCUT2D eigenvalue weighted by Crippen LogP contribution is 2.45. The highest BCUT2D eigenvalue weighted by molar-refractivity contribution is 6.19. The molecule has 2 heteroatoms. The fourth-order valence-corrected chi connectivity index (χ4v) is 7.67. The Morgan fingerprint density at radius 1 is 0.360 bits per heavy atom. The Bertz CT molecular complexity index is 2850. The van der Waals surface area contributed by atoms with Crippen LogP contribution in [-0.4, -0.2) is 0 Å². The van der Waals surface area contributed by atoms with Gasteiger partial charge in [-0.25, -0.2) is 0 Å². The zero-order valence-corrected chi connectivity index (χ0v) is 27.3. The Morgan fingerprint density at radius 2 is 0.960 bits per heavy atom. The molecule has 1 aromatic heterocycles. The molecule has 10 aromatic rings. The Hall–Kier alpha value is -6.64. The molecule has 1 heterocycles. The SMILES string of the molecule is c1ccc(-c2ccc(N(c3ccc(-c4cc5ccccc5c5ccccc45)cc3)c3cccc4oc5c6ccccc6ccc5c34)cc2)cc1.